The number of carbonyl (C=O) groups is 3. The fraction of sp³-hybridized carbons (Fsp3) is 0.350. The molecule has 1 unspecified atom stereocenters. The third-order valence-corrected chi connectivity index (χ3v) is 4.54. The maximum atomic E-state index is 12.6. The summed E-state index contributed by atoms with van der Waals surface area (Å²) < 4.78 is 0. The van der Waals surface area contributed by atoms with Crippen LogP contribution in [-0.4, -0.2) is 38.6 Å². The van der Waals surface area contributed by atoms with Gasteiger partial charge in [0.05, 0.1) is 16.8 Å². The van der Waals surface area contributed by atoms with E-state index in [0.717, 1.165) is 16.2 Å². The van der Waals surface area contributed by atoms with E-state index in [2.05, 4.69) is 15.3 Å². The van der Waals surface area contributed by atoms with Gasteiger partial charge in [0.15, 0.2) is 0 Å². The Hall–Kier alpha value is -3.09. The number of fused-ring (bicyclic) bond motifs is 1. The Morgan fingerprint density at radius 1 is 1.15 bits per heavy atom. The molecule has 7 nitrogen and oxygen atoms in total. The molecule has 0 saturated heterocycles. The maximum absolute atomic E-state index is 12.6. The van der Waals surface area contributed by atoms with E-state index < -0.39 is 23.8 Å². The molecule has 0 saturated carbocycles. The van der Waals surface area contributed by atoms with E-state index in [1.807, 2.05) is 20.8 Å². The average Bonchev–Trinajstić information content (AvgIpc) is 2.89. The van der Waals surface area contributed by atoms with E-state index in [1.165, 1.54) is 6.33 Å². The van der Waals surface area contributed by atoms with Gasteiger partial charge in [-0.1, -0.05) is 32.9 Å². The van der Waals surface area contributed by atoms with Crippen molar-refractivity contribution in [3.05, 3.63) is 59.2 Å². The molecule has 7 heteroatoms. The minimum absolute atomic E-state index is 0.197. The zero-order valence-electron chi connectivity index (χ0n) is 15.8. The first-order valence-electron chi connectivity index (χ1n) is 8.76. The van der Waals surface area contributed by atoms with Gasteiger partial charge in [0.1, 0.15) is 12.4 Å². The van der Waals surface area contributed by atoms with Crippen molar-refractivity contribution in [2.24, 2.45) is 0 Å². The average molecular weight is 366 g/mol. The van der Waals surface area contributed by atoms with Crippen LogP contribution in [0.2, 0.25) is 0 Å². The van der Waals surface area contributed by atoms with Gasteiger partial charge in [-0.05, 0) is 19.1 Å². The number of hydrogen-bond donors (Lipinski definition) is 1. The first-order chi connectivity index (χ1) is 12.7. The molecule has 0 aliphatic carbocycles. The van der Waals surface area contributed by atoms with Crippen LogP contribution in [0.5, 0.6) is 0 Å². The molecule has 3 rings (SSSR count). The van der Waals surface area contributed by atoms with Gasteiger partial charge in [-0.2, -0.15) is 0 Å². The summed E-state index contributed by atoms with van der Waals surface area (Å²) in [6.07, 6.45) is 3.15. The number of amides is 3. The third-order valence-electron chi connectivity index (χ3n) is 4.54. The van der Waals surface area contributed by atoms with Gasteiger partial charge in [0.2, 0.25) is 5.91 Å². The lowest BCUT2D eigenvalue weighted by Crippen LogP contribution is -2.47. The molecule has 0 bridgehead atoms. The Balaban J connectivity index is 1.73. The van der Waals surface area contributed by atoms with Gasteiger partial charge in [-0.3, -0.25) is 19.3 Å². The fourth-order valence-electron chi connectivity index (χ4n) is 3.17. The minimum Gasteiger partial charge on any atom is -0.350 e. The van der Waals surface area contributed by atoms with Crippen LogP contribution in [0.3, 0.4) is 0 Å². The molecule has 2 heterocycles. The standard InChI is InChI=1S/C20H22N4O3/c1-12(24-18(26)14-7-5-6-8-15(14)19(24)27)17(25)22-10-13-9-21-11-23-16(13)20(2,3)4/h5-9,11-12H,10H2,1-4H3,(H,22,25). The quantitative estimate of drug-likeness (QED) is 0.837. The van der Waals surface area contributed by atoms with Crippen LogP contribution in [-0.2, 0) is 16.8 Å². The summed E-state index contributed by atoms with van der Waals surface area (Å²) in [5.41, 5.74) is 2.10. The molecular weight excluding hydrogens is 344 g/mol. The summed E-state index contributed by atoms with van der Waals surface area (Å²) in [7, 11) is 0. The topological polar surface area (TPSA) is 92.3 Å². The lowest BCUT2D eigenvalue weighted by Gasteiger charge is -2.23. The molecule has 27 heavy (non-hydrogen) atoms. The molecule has 1 aliphatic rings. The van der Waals surface area contributed by atoms with Crippen molar-refractivity contribution in [2.75, 3.05) is 0 Å². The zero-order chi connectivity index (χ0) is 19.8. The summed E-state index contributed by atoms with van der Waals surface area (Å²) in [5, 5.41) is 2.79. The van der Waals surface area contributed by atoms with Gasteiger partial charge < -0.3 is 5.32 Å². The van der Waals surface area contributed by atoms with Gasteiger partial charge in [-0.25, -0.2) is 9.97 Å². The Morgan fingerprint density at radius 3 is 2.30 bits per heavy atom. The van der Waals surface area contributed by atoms with E-state index in [4.69, 9.17) is 0 Å². The van der Waals surface area contributed by atoms with Crippen molar-refractivity contribution in [2.45, 2.75) is 45.7 Å². The highest BCUT2D eigenvalue weighted by molar-refractivity contribution is 6.22. The van der Waals surface area contributed by atoms with Crippen molar-refractivity contribution in [3.63, 3.8) is 0 Å². The lowest BCUT2D eigenvalue weighted by atomic mass is 9.89. The highest BCUT2D eigenvalue weighted by atomic mass is 16.2. The Bertz CT molecular complexity index is 882. The molecule has 1 aromatic heterocycles. The van der Waals surface area contributed by atoms with Gasteiger partial charge in [-0.15, -0.1) is 0 Å². The predicted molar refractivity (Wildman–Crippen MR) is 99.0 cm³/mol. The first kappa shape index (κ1) is 18.7. The number of aromatic nitrogens is 2. The Labute approximate surface area is 157 Å². The smallest absolute Gasteiger partial charge is 0.262 e. The summed E-state index contributed by atoms with van der Waals surface area (Å²) >= 11 is 0. The SMILES string of the molecule is CC(C(=O)NCc1cncnc1C(C)(C)C)N1C(=O)c2ccccc2C1=O. The number of benzene rings is 1. The zero-order valence-corrected chi connectivity index (χ0v) is 15.8. The number of nitrogens with zero attached hydrogens (tertiary/aromatic N) is 3. The van der Waals surface area contributed by atoms with Crippen molar-refractivity contribution in [1.82, 2.24) is 20.2 Å². The molecule has 1 aromatic carbocycles. The second kappa shape index (κ2) is 6.90. The predicted octanol–water partition coefficient (Wildman–Crippen LogP) is 2.07. The molecule has 0 fully saturated rings. The van der Waals surface area contributed by atoms with Gasteiger partial charge >= 0.3 is 0 Å². The number of imide groups is 1. The number of hydrogen-bond acceptors (Lipinski definition) is 5. The van der Waals surface area contributed by atoms with E-state index in [-0.39, 0.29) is 12.0 Å². The molecule has 3 amide bonds. The molecule has 1 aliphatic heterocycles. The number of nitrogens with one attached hydrogen (secondary N) is 1. The summed E-state index contributed by atoms with van der Waals surface area (Å²) in [4.78, 5) is 47.0. The second-order valence-electron chi connectivity index (χ2n) is 7.57. The Kier molecular flexibility index (Phi) is 4.78. The van der Waals surface area contributed by atoms with Crippen molar-refractivity contribution in [1.29, 1.82) is 0 Å². The van der Waals surface area contributed by atoms with Gasteiger partial charge in [0, 0.05) is 23.7 Å². The molecule has 1 atom stereocenters. The monoisotopic (exact) mass is 366 g/mol. The minimum atomic E-state index is -0.917. The van der Waals surface area contributed by atoms with Crippen molar-refractivity contribution >= 4 is 17.7 Å². The van der Waals surface area contributed by atoms with Crippen LogP contribution in [0.4, 0.5) is 0 Å². The summed E-state index contributed by atoms with van der Waals surface area (Å²) in [5.74, 6) is -1.30. The van der Waals surface area contributed by atoms with Crippen LogP contribution in [0.25, 0.3) is 0 Å². The molecule has 0 spiro atoms. The Morgan fingerprint density at radius 2 is 1.74 bits per heavy atom. The maximum Gasteiger partial charge on any atom is 0.262 e. The highest BCUT2D eigenvalue weighted by Gasteiger charge is 2.40. The normalized spacial score (nSPS) is 14.9. The van der Waals surface area contributed by atoms with Crippen molar-refractivity contribution in [3.8, 4) is 0 Å². The summed E-state index contributed by atoms with van der Waals surface area (Å²) in [6, 6.07) is 5.66. The molecule has 1 N–H and O–H groups in total. The molecular formula is C20H22N4O3. The third kappa shape index (κ3) is 3.45. The molecule has 0 radical (unpaired) electrons. The fourth-order valence-corrected chi connectivity index (χ4v) is 3.17. The first-order valence-corrected chi connectivity index (χ1v) is 8.76. The largest absolute Gasteiger partial charge is 0.350 e. The molecule has 140 valence electrons. The van der Waals surface area contributed by atoms with Crippen molar-refractivity contribution < 1.29 is 14.4 Å². The van der Waals surface area contributed by atoms with E-state index in [0.29, 0.717) is 11.1 Å². The van der Waals surface area contributed by atoms with Crippen LogP contribution in [0, 0.1) is 0 Å². The van der Waals surface area contributed by atoms with E-state index in [9.17, 15) is 14.4 Å². The van der Waals surface area contributed by atoms with E-state index in [1.54, 1.807) is 37.4 Å². The van der Waals surface area contributed by atoms with Crippen LogP contribution >= 0.6 is 0 Å². The highest BCUT2D eigenvalue weighted by Crippen LogP contribution is 2.25. The van der Waals surface area contributed by atoms with Gasteiger partial charge in [0.25, 0.3) is 11.8 Å². The van der Waals surface area contributed by atoms with Crippen LogP contribution < -0.4 is 5.32 Å². The molecule has 2 aromatic rings. The lowest BCUT2D eigenvalue weighted by molar-refractivity contribution is -0.124. The number of carbonyl (C=O) groups excluding carboxylic acids is 3. The number of rotatable bonds is 4. The van der Waals surface area contributed by atoms with E-state index >= 15 is 0 Å². The van der Waals surface area contributed by atoms with Crippen LogP contribution in [0.15, 0.2) is 36.8 Å². The second-order valence-corrected chi connectivity index (χ2v) is 7.57. The summed E-state index contributed by atoms with van der Waals surface area (Å²) in [6.45, 7) is 7.86. The van der Waals surface area contributed by atoms with Crippen LogP contribution in [0.1, 0.15) is 59.7 Å².